The van der Waals surface area contributed by atoms with Crippen molar-refractivity contribution < 1.29 is 9.59 Å². The van der Waals surface area contributed by atoms with Crippen molar-refractivity contribution in [3.05, 3.63) is 106 Å². The second-order valence-corrected chi connectivity index (χ2v) is 7.63. The van der Waals surface area contributed by atoms with Crippen molar-refractivity contribution in [3.63, 3.8) is 0 Å². The highest BCUT2D eigenvalue weighted by Gasteiger charge is 2.39. The number of amides is 2. The fourth-order valence-corrected chi connectivity index (χ4v) is 4.29. The topological polar surface area (TPSA) is 63.4 Å². The Morgan fingerprint density at radius 1 is 0.966 bits per heavy atom. The molecule has 29 heavy (non-hydrogen) atoms. The molecule has 1 aliphatic rings. The molecule has 146 valence electrons. The third-order valence-electron chi connectivity index (χ3n) is 5.41. The van der Waals surface area contributed by atoms with Gasteiger partial charge < -0.3 is 10.6 Å². The smallest absolute Gasteiger partial charge is 0.255 e. The summed E-state index contributed by atoms with van der Waals surface area (Å²) >= 11 is 6.25. The highest BCUT2D eigenvalue weighted by molar-refractivity contribution is 6.30. The zero-order valence-corrected chi connectivity index (χ0v) is 16.5. The molecule has 4 nitrogen and oxygen atoms in total. The standard InChI is InChI=1S/C24H21ClN2O2/c25-19-13-11-16-12-14-21(20(16)15-19)27(24(29)18-9-5-2-6-10-18)22(23(26)28)17-7-3-1-4-8-17/h1-11,13,15,21-22H,12,14H2,(H2,26,28)/t21-,22?/m1/s1. The SMILES string of the molecule is NC(=O)C(c1ccccc1)N(C(=O)c1ccccc1)[C@@H]1CCc2ccc(Cl)cc21. The van der Waals surface area contributed by atoms with E-state index in [0.717, 1.165) is 17.5 Å². The third-order valence-corrected chi connectivity index (χ3v) is 5.64. The summed E-state index contributed by atoms with van der Waals surface area (Å²) < 4.78 is 0. The number of hydrogen-bond acceptors (Lipinski definition) is 2. The van der Waals surface area contributed by atoms with Crippen molar-refractivity contribution in [1.29, 1.82) is 0 Å². The van der Waals surface area contributed by atoms with Gasteiger partial charge in [-0.3, -0.25) is 9.59 Å². The molecule has 2 atom stereocenters. The number of fused-ring (bicyclic) bond motifs is 1. The van der Waals surface area contributed by atoms with Gasteiger partial charge in [-0.15, -0.1) is 0 Å². The number of hydrogen-bond donors (Lipinski definition) is 1. The molecule has 0 saturated heterocycles. The van der Waals surface area contributed by atoms with Crippen LogP contribution < -0.4 is 5.73 Å². The first kappa shape index (κ1) is 19.2. The zero-order chi connectivity index (χ0) is 20.4. The van der Waals surface area contributed by atoms with Crippen LogP contribution in [0.2, 0.25) is 5.02 Å². The Hall–Kier alpha value is -3.11. The maximum atomic E-state index is 13.6. The highest BCUT2D eigenvalue weighted by Crippen LogP contribution is 2.42. The Labute approximate surface area is 174 Å². The van der Waals surface area contributed by atoms with Gasteiger partial charge in [-0.25, -0.2) is 0 Å². The van der Waals surface area contributed by atoms with Gasteiger partial charge in [-0.1, -0.05) is 66.2 Å². The van der Waals surface area contributed by atoms with Crippen molar-refractivity contribution in [2.75, 3.05) is 0 Å². The molecule has 1 unspecified atom stereocenters. The van der Waals surface area contributed by atoms with Crippen LogP contribution >= 0.6 is 11.6 Å². The predicted octanol–water partition coefficient (Wildman–Crippen LogP) is 4.70. The molecule has 0 saturated carbocycles. The molecule has 0 bridgehead atoms. The number of aryl methyl sites for hydroxylation is 1. The van der Waals surface area contributed by atoms with Crippen molar-refractivity contribution in [2.45, 2.75) is 24.9 Å². The van der Waals surface area contributed by atoms with E-state index in [0.29, 0.717) is 22.6 Å². The number of primary amides is 1. The average Bonchev–Trinajstić information content (AvgIpc) is 3.15. The van der Waals surface area contributed by atoms with Crippen LogP contribution in [0.4, 0.5) is 0 Å². The number of halogens is 1. The number of benzene rings is 3. The minimum atomic E-state index is -0.876. The summed E-state index contributed by atoms with van der Waals surface area (Å²) in [5.74, 6) is -0.785. The van der Waals surface area contributed by atoms with Crippen LogP contribution in [-0.2, 0) is 11.2 Å². The minimum absolute atomic E-state index is 0.226. The van der Waals surface area contributed by atoms with Crippen molar-refractivity contribution in [2.24, 2.45) is 5.73 Å². The van der Waals surface area contributed by atoms with Gasteiger partial charge in [0.15, 0.2) is 0 Å². The van der Waals surface area contributed by atoms with Gasteiger partial charge in [-0.05, 0) is 53.8 Å². The van der Waals surface area contributed by atoms with E-state index in [-0.39, 0.29) is 11.9 Å². The second kappa shape index (κ2) is 8.10. The fourth-order valence-electron chi connectivity index (χ4n) is 4.11. The van der Waals surface area contributed by atoms with E-state index < -0.39 is 11.9 Å². The monoisotopic (exact) mass is 404 g/mol. The molecule has 0 spiro atoms. The lowest BCUT2D eigenvalue weighted by Gasteiger charge is -2.36. The summed E-state index contributed by atoms with van der Waals surface area (Å²) in [6.45, 7) is 0. The zero-order valence-electron chi connectivity index (χ0n) is 15.8. The molecule has 5 heteroatoms. The van der Waals surface area contributed by atoms with Gasteiger partial charge in [0, 0.05) is 10.6 Å². The van der Waals surface area contributed by atoms with E-state index in [9.17, 15) is 9.59 Å². The van der Waals surface area contributed by atoms with Crippen LogP contribution in [0.3, 0.4) is 0 Å². The van der Waals surface area contributed by atoms with Gasteiger partial charge >= 0.3 is 0 Å². The highest BCUT2D eigenvalue weighted by atomic mass is 35.5. The Bertz CT molecular complexity index is 1040. The van der Waals surface area contributed by atoms with Crippen LogP contribution in [0.25, 0.3) is 0 Å². The molecule has 1 aliphatic carbocycles. The number of nitrogens with two attached hydrogens (primary N) is 1. The van der Waals surface area contributed by atoms with E-state index in [4.69, 9.17) is 17.3 Å². The lowest BCUT2D eigenvalue weighted by molar-refractivity contribution is -0.123. The van der Waals surface area contributed by atoms with Gasteiger partial charge in [0.25, 0.3) is 5.91 Å². The molecule has 0 aromatic heterocycles. The predicted molar refractivity (Wildman–Crippen MR) is 114 cm³/mol. The second-order valence-electron chi connectivity index (χ2n) is 7.19. The first-order valence-electron chi connectivity index (χ1n) is 9.56. The van der Waals surface area contributed by atoms with Crippen molar-refractivity contribution in [3.8, 4) is 0 Å². The Balaban J connectivity index is 1.86. The molecule has 0 heterocycles. The van der Waals surface area contributed by atoms with Crippen LogP contribution in [0.1, 0.15) is 45.6 Å². The Morgan fingerprint density at radius 3 is 2.28 bits per heavy atom. The summed E-state index contributed by atoms with van der Waals surface area (Å²) in [5, 5.41) is 0.609. The summed E-state index contributed by atoms with van der Waals surface area (Å²) in [6.07, 6.45) is 1.53. The maximum absolute atomic E-state index is 13.6. The van der Waals surface area contributed by atoms with Gasteiger partial charge in [-0.2, -0.15) is 0 Å². The normalized spacial score (nSPS) is 16.1. The van der Waals surface area contributed by atoms with Crippen LogP contribution in [0.15, 0.2) is 78.9 Å². The van der Waals surface area contributed by atoms with Crippen LogP contribution in [0.5, 0.6) is 0 Å². The first-order valence-corrected chi connectivity index (χ1v) is 9.94. The van der Waals surface area contributed by atoms with E-state index in [1.54, 1.807) is 17.0 Å². The van der Waals surface area contributed by atoms with Gasteiger partial charge in [0.05, 0.1) is 6.04 Å². The lowest BCUT2D eigenvalue weighted by Crippen LogP contribution is -2.43. The summed E-state index contributed by atoms with van der Waals surface area (Å²) in [4.78, 5) is 27.9. The summed E-state index contributed by atoms with van der Waals surface area (Å²) in [6, 6.07) is 22.8. The molecule has 4 rings (SSSR count). The molecule has 0 fully saturated rings. The van der Waals surface area contributed by atoms with E-state index in [1.807, 2.05) is 66.7 Å². The number of rotatable bonds is 5. The van der Waals surface area contributed by atoms with Gasteiger partial charge in [0.1, 0.15) is 6.04 Å². The Morgan fingerprint density at radius 2 is 1.62 bits per heavy atom. The summed E-state index contributed by atoms with van der Waals surface area (Å²) in [7, 11) is 0. The van der Waals surface area contributed by atoms with Gasteiger partial charge in [0.2, 0.25) is 5.91 Å². The quantitative estimate of drug-likeness (QED) is 0.670. The Kier molecular flexibility index (Phi) is 5.36. The lowest BCUT2D eigenvalue weighted by atomic mass is 9.98. The van der Waals surface area contributed by atoms with Crippen molar-refractivity contribution in [1.82, 2.24) is 4.90 Å². The largest absolute Gasteiger partial charge is 0.368 e. The first-order chi connectivity index (χ1) is 14.1. The maximum Gasteiger partial charge on any atom is 0.255 e. The molecular weight excluding hydrogens is 384 g/mol. The number of carbonyl (C=O) groups excluding carboxylic acids is 2. The molecular formula is C24H21ClN2O2. The number of nitrogens with zero attached hydrogens (tertiary/aromatic N) is 1. The molecule has 3 aromatic rings. The van der Waals surface area contributed by atoms with E-state index in [1.165, 1.54) is 0 Å². The van der Waals surface area contributed by atoms with E-state index in [2.05, 4.69) is 0 Å². The van der Waals surface area contributed by atoms with E-state index >= 15 is 0 Å². The summed E-state index contributed by atoms with van der Waals surface area (Å²) in [5.41, 5.74) is 9.17. The number of carbonyl (C=O) groups is 2. The van der Waals surface area contributed by atoms with Crippen molar-refractivity contribution >= 4 is 23.4 Å². The van der Waals surface area contributed by atoms with Crippen LogP contribution in [-0.4, -0.2) is 16.7 Å². The fraction of sp³-hybridized carbons (Fsp3) is 0.167. The molecule has 0 radical (unpaired) electrons. The van der Waals surface area contributed by atoms with Crippen LogP contribution in [0, 0.1) is 0 Å². The molecule has 2 N–H and O–H groups in total. The molecule has 2 amide bonds. The average molecular weight is 405 g/mol. The minimum Gasteiger partial charge on any atom is -0.368 e. The molecule has 0 aliphatic heterocycles. The molecule has 3 aromatic carbocycles. The third kappa shape index (κ3) is 3.76.